The van der Waals surface area contributed by atoms with E-state index in [2.05, 4.69) is 47.5 Å². The molecule has 0 saturated heterocycles. The third kappa shape index (κ3) is 3.30. The van der Waals surface area contributed by atoms with Crippen molar-refractivity contribution in [1.82, 2.24) is 0 Å². The molecule has 0 radical (unpaired) electrons. The second-order valence-electron chi connectivity index (χ2n) is 5.35. The Morgan fingerprint density at radius 1 is 1.17 bits per heavy atom. The minimum absolute atomic E-state index is 0.0355. The Morgan fingerprint density at radius 2 is 1.58 bits per heavy atom. The largest absolute Gasteiger partial charge is 0.120 e. The van der Waals surface area contributed by atoms with Gasteiger partial charge in [0.2, 0.25) is 0 Å². The Bertz CT molecular complexity index is 177. The van der Waals surface area contributed by atoms with E-state index in [0.717, 1.165) is 6.42 Å². The molecular formula is C12H22. The molecule has 0 saturated carbocycles. The Morgan fingerprint density at radius 3 is 1.83 bits per heavy atom. The van der Waals surface area contributed by atoms with Crippen LogP contribution in [-0.4, -0.2) is 0 Å². The van der Waals surface area contributed by atoms with E-state index < -0.39 is 0 Å². The maximum Gasteiger partial charge on any atom is 0.0261 e. The zero-order valence-electron chi connectivity index (χ0n) is 9.36. The van der Waals surface area contributed by atoms with E-state index in [1.807, 2.05) is 0 Å². The van der Waals surface area contributed by atoms with Crippen LogP contribution in [-0.2, 0) is 0 Å². The second-order valence-corrected chi connectivity index (χ2v) is 5.35. The van der Waals surface area contributed by atoms with Crippen molar-refractivity contribution >= 4 is 0 Å². The van der Waals surface area contributed by atoms with Gasteiger partial charge >= 0.3 is 0 Å². The lowest BCUT2D eigenvalue weighted by Crippen LogP contribution is -2.26. The molecule has 0 heterocycles. The highest BCUT2D eigenvalue weighted by atomic mass is 14.3. The van der Waals surface area contributed by atoms with E-state index >= 15 is 0 Å². The molecule has 0 fully saturated rings. The molecule has 0 unspecified atom stereocenters. The van der Waals surface area contributed by atoms with Gasteiger partial charge in [0.05, 0.1) is 0 Å². The van der Waals surface area contributed by atoms with Crippen molar-refractivity contribution in [3.05, 3.63) is 0 Å². The lowest BCUT2D eigenvalue weighted by molar-refractivity contribution is 0.173. The van der Waals surface area contributed by atoms with Gasteiger partial charge in [0.25, 0.3) is 0 Å². The molecule has 0 aromatic rings. The summed E-state index contributed by atoms with van der Waals surface area (Å²) in [6.45, 7) is 13.4. The summed E-state index contributed by atoms with van der Waals surface area (Å²) in [5.41, 5.74) is 0.379. The molecule has 0 N–H and O–H groups in total. The molecule has 0 aliphatic carbocycles. The average molecular weight is 166 g/mol. The van der Waals surface area contributed by atoms with Gasteiger partial charge < -0.3 is 0 Å². The van der Waals surface area contributed by atoms with Gasteiger partial charge in [0, 0.05) is 5.41 Å². The maximum atomic E-state index is 5.46. The second kappa shape index (κ2) is 3.52. The molecule has 0 aromatic carbocycles. The highest BCUT2D eigenvalue weighted by molar-refractivity contribution is 5.02. The highest BCUT2D eigenvalue weighted by Crippen LogP contribution is 2.38. The number of hydrogen-bond donors (Lipinski definition) is 0. The Balaban J connectivity index is 4.37. The van der Waals surface area contributed by atoms with Crippen molar-refractivity contribution in [2.75, 3.05) is 0 Å². The smallest absolute Gasteiger partial charge is 0.0261 e. The van der Waals surface area contributed by atoms with Crippen LogP contribution in [0.3, 0.4) is 0 Å². The summed E-state index contributed by atoms with van der Waals surface area (Å²) in [4.78, 5) is 0. The highest BCUT2D eigenvalue weighted by Gasteiger charge is 2.29. The van der Waals surface area contributed by atoms with Crippen LogP contribution < -0.4 is 0 Å². The zero-order chi connectivity index (χ0) is 9.99. The van der Waals surface area contributed by atoms with Crippen molar-refractivity contribution < 1.29 is 0 Å². The lowest BCUT2D eigenvalue weighted by Gasteiger charge is -2.35. The van der Waals surface area contributed by atoms with E-state index in [1.54, 1.807) is 0 Å². The van der Waals surface area contributed by atoms with E-state index in [9.17, 15) is 0 Å². The third-order valence-corrected chi connectivity index (χ3v) is 2.85. The fourth-order valence-electron chi connectivity index (χ4n) is 1.39. The van der Waals surface area contributed by atoms with Crippen molar-refractivity contribution in [3.63, 3.8) is 0 Å². The number of rotatable bonds is 3. The quantitative estimate of drug-likeness (QED) is 0.561. The number of hydrogen-bond acceptors (Lipinski definition) is 0. The standard InChI is InChI=1S/C12H22/c1-8-11(4,5)9-12(6,7)10(2)3/h1,10H,9H2,2-7H3. The first-order valence-electron chi connectivity index (χ1n) is 4.69. The van der Waals surface area contributed by atoms with Crippen LogP contribution >= 0.6 is 0 Å². The van der Waals surface area contributed by atoms with Gasteiger partial charge in [-0.3, -0.25) is 0 Å². The summed E-state index contributed by atoms with van der Waals surface area (Å²) in [6.07, 6.45) is 6.56. The van der Waals surface area contributed by atoms with Crippen molar-refractivity contribution in [3.8, 4) is 12.3 Å². The molecule has 70 valence electrons. The molecule has 0 aliphatic rings. The van der Waals surface area contributed by atoms with Gasteiger partial charge in [0.15, 0.2) is 0 Å². The Hall–Kier alpha value is -0.440. The Labute approximate surface area is 77.8 Å². The third-order valence-electron chi connectivity index (χ3n) is 2.85. The topological polar surface area (TPSA) is 0 Å². The fraction of sp³-hybridized carbons (Fsp3) is 0.833. The summed E-state index contributed by atoms with van der Waals surface area (Å²) in [5, 5.41) is 0. The molecule has 12 heavy (non-hydrogen) atoms. The van der Waals surface area contributed by atoms with E-state index in [0.29, 0.717) is 11.3 Å². The van der Waals surface area contributed by atoms with Gasteiger partial charge in [-0.15, -0.1) is 12.3 Å². The zero-order valence-corrected chi connectivity index (χ0v) is 9.36. The fourth-order valence-corrected chi connectivity index (χ4v) is 1.39. The van der Waals surface area contributed by atoms with E-state index in [4.69, 9.17) is 6.42 Å². The molecule has 0 spiro atoms. The maximum absolute atomic E-state index is 5.46. The molecule has 0 nitrogen and oxygen atoms in total. The monoisotopic (exact) mass is 166 g/mol. The molecule has 0 aliphatic heterocycles. The van der Waals surface area contributed by atoms with Gasteiger partial charge in [-0.25, -0.2) is 0 Å². The van der Waals surface area contributed by atoms with Crippen LogP contribution in [0.5, 0.6) is 0 Å². The SMILES string of the molecule is C#CC(C)(C)CC(C)(C)C(C)C. The van der Waals surface area contributed by atoms with E-state index in [1.165, 1.54) is 0 Å². The first-order chi connectivity index (χ1) is 5.21. The van der Waals surface area contributed by atoms with Crippen molar-refractivity contribution in [2.24, 2.45) is 16.7 Å². The molecular weight excluding hydrogens is 144 g/mol. The van der Waals surface area contributed by atoms with Crippen LogP contribution in [0.2, 0.25) is 0 Å². The minimum Gasteiger partial charge on any atom is -0.120 e. The van der Waals surface area contributed by atoms with Crippen molar-refractivity contribution in [2.45, 2.75) is 48.0 Å². The van der Waals surface area contributed by atoms with Gasteiger partial charge in [-0.05, 0) is 31.6 Å². The summed E-state index contributed by atoms with van der Waals surface area (Å²) in [5.74, 6) is 3.54. The number of terminal acetylenes is 1. The van der Waals surface area contributed by atoms with E-state index in [-0.39, 0.29) is 5.41 Å². The molecule has 0 rings (SSSR count). The van der Waals surface area contributed by atoms with Gasteiger partial charge in [-0.2, -0.15) is 0 Å². The molecule has 0 aromatic heterocycles. The molecule has 0 amide bonds. The minimum atomic E-state index is 0.0355. The van der Waals surface area contributed by atoms with Crippen LogP contribution in [0.1, 0.15) is 48.0 Å². The summed E-state index contributed by atoms with van der Waals surface area (Å²) < 4.78 is 0. The lowest BCUT2D eigenvalue weighted by atomic mass is 9.70. The molecule has 0 bridgehead atoms. The summed E-state index contributed by atoms with van der Waals surface area (Å²) >= 11 is 0. The van der Waals surface area contributed by atoms with Crippen molar-refractivity contribution in [1.29, 1.82) is 0 Å². The summed E-state index contributed by atoms with van der Waals surface area (Å²) in [7, 11) is 0. The van der Waals surface area contributed by atoms with Crippen LogP contribution in [0.25, 0.3) is 0 Å². The average Bonchev–Trinajstić information content (AvgIpc) is 1.85. The molecule has 0 atom stereocenters. The first kappa shape index (κ1) is 11.6. The Kier molecular flexibility index (Phi) is 3.39. The predicted octanol–water partition coefficient (Wildman–Crippen LogP) is 3.72. The normalized spacial score (nSPS) is 13.2. The van der Waals surface area contributed by atoms with Crippen LogP contribution in [0, 0.1) is 29.1 Å². The predicted molar refractivity (Wildman–Crippen MR) is 55.9 cm³/mol. The van der Waals surface area contributed by atoms with Gasteiger partial charge in [-0.1, -0.05) is 27.7 Å². The van der Waals surface area contributed by atoms with Gasteiger partial charge in [0.1, 0.15) is 0 Å². The first-order valence-corrected chi connectivity index (χ1v) is 4.69. The summed E-state index contributed by atoms with van der Waals surface area (Å²) in [6, 6.07) is 0. The van der Waals surface area contributed by atoms with Crippen LogP contribution in [0.4, 0.5) is 0 Å². The molecule has 0 heteroatoms. The van der Waals surface area contributed by atoms with Crippen LogP contribution in [0.15, 0.2) is 0 Å².